The van der Waals surface area contributed by atoms with Crippen molar-refractivity contribution in [2.24, 2.45) is 5.73 Å². The van der Waals surface area contributed by atoms with Gasteiger partial charge in [-0.3, -0.25) is 4.79 Å². The average molecular weight is 432 g/mol. The molecule has 0 bridgehead atoms. The molecule has 2 N–H and O–H groups in total. The number of carbonyl (C=O) groups excluding carboxylic acids is 1. The van der Waals surface area contributed by atoms with Crippen LogP contribution in [0.5, 0.6) is 0 Å². The number of hydrogen-bond donors (Lipinski definition) is 1. The van der Waals surface area contributed by atoms with Crippen molar-refractivity contribution in [2.75, 3.05) is 26.2 Å². The SMILES string of the molecule is Cl.Cl.NCCCOC1CCN(C(=O)c2csc(Cc3ccccc3)n2)CC1. The highest BCUT2D eigenvalue weighted by atomic mass is 35.5. The van der Waals surface area contributed by atoms with E-state index in [2.05, 4.69) is 17.1 Å². The number of piperidine rings is 1. The van der Waals surface area contributed by atoms with Crippen LogP contribution >= 0.6 is 36.2 Å². The smallest absolute Gasteiger partial charge is 0.273 e. The predicted molar refractivity (Wildman–Crippen MR) is 114 cm³/mol. The number of benzene rings is 1. The number of aromatic nitrogens is 1. The summed E-state index contributed by atoms with van der Waals surface area (Å²) in [6, 6.07) is 10.2. The second-order valence-corrected chi connectivity index (χ2v) is 7.24. The molecule has 8 heteroatoms. The minimum atomic E-state index is 0. The van der Waals surface area contributed by atoms with Crippen LogP contribution in [0.3, 0.4) is 0 Å². The van der Waals surface area contributed by atoms with Crippen LogP contribution in [0.15, 0.2) is 35.7 Å². The van der Waals surface area contributed by atoms with Gasteiger partial charge in [0.1, 0.15) is 5.69 Å². The molecule has 1 aromatic carbocycles. The van der Waals surface area contributed by atoms with Crippen molar-refractivity contribution in [3.8, 4) is 0 Å². The molecule has 0 saturated carbocycles. The maximum Gasteiger partial charge on any atom is 0.273 e. The lowest BCUT2D eigenvalue weighted by Gasteiger charge is -2.31. The number of nitrogens with two attached hydrogens (primary N) is 1. The van der Waals surface area contributed by atoms with E-state index in [1.54, 1.807) is 11.3 Å². The lowest BCUT2D eigenvalue weighted by atomic mass is 10.1. The molecule has 0 unspecified atom stereocenters. The molecule has 1 aromatic heterocycles. The summed E-state index contributed by atoms with van der Waals surface area (Å²) in [6.07, 6.45) is 3.69. The highest BCUT2D eigenvalue weighted by molar-refractivity contribution is 7.09. The quantitative estimate of drug-likeness (QED) is 0.680. The van der Waals surface area contributed by atoms with E-state index in [1.807, 2.05) is 28.5 Å². The molecule has 1 amide bonds. The Kier molecular flexibility index (Phi) is 10.9. The molecule has 27 heavy (non-hydrogen) atoms. The molecule has 1 aliphatic rings. The molecule has 5 nitrogen and oxygen atoms in total. The first kappa shape index (κ1) is 23.9. The Balaban J connectivity index is 0.00000182. The molecule has 2 heterocycles. The topological polar surface area (TPSA) is 68.5 Å². The van der Waals surface area contributed by atoms with Gasteiger partial charge in [-0.2, -0.15) is 0 Å². The highest BCUT2D eigenvalue weighted by Gasteiger charge is 2.25. The van der Waals surface area contributed by atoms with Crippen molar-refractivity contribution < 1.29 is 9.53 Å². The molecular formula is C19H27Cl2N3O2S. The minimum absolute atomic E-state index is 0. The van der Waals surface area contributed by atoms with Crippen molar-refractivity contribution in [1.82, 2.24) is 9.88 Å². The summed E-state index contributed by atoms with van der Waals surface area (Å²) < 4.78 is 5.80. The molecular weight excluding hydrogens is 405 g/mol. The number of amides is 1. The number of halogens is 2. The molecule has 2 aromatic rings. The van der Waals surface area contributed by atoms with Gasteiger partial charge in [-0.25, -0.2) is 4.98 Å². The van der Waals surface area contributed by atoms with Gasteiger partial charge in [0.2, 0.25) is 0 Å². The Morgan fingerprint density at radius 2 is 1.93 bits per heavy atom. The average Bonchev–Trinajstić information content (AvgIpc) is 3.11. The van der Waals surface area contributed by atoms with E-state index in [-0.39, 0.29) is 36.8 Å². The van der Waals surface area contributed by atoms with Crippen molar-refractivity contribution in [2.45, 2.75) is 31.8 Å². The zero-order valence-corrected chi connectivity index (χ0v) is 17.7. The number of rotatable bonds is 7. The minimum Gasteiger partial charge on any atom is -0.378 e. The first-order valence-electron chi connectivity index (χ1n) is 8.85. The molecule has 1 aliphatic heterocycles. The molecule has 1 saturated heterocycles. The van der Waals surface area contributed by atoms with Gasteiger partial charge in [-0.15, -0.1) is 36.2 Å². The fourth-order valence-corrected chi connectivity index (χ4v) is 3.78. The number of thiazole rings is 1. The summed E-state index contributed by atoms with van der Waals surface area (Å²) >= 11 is 1.56. The molecule has 3 rings (SSSR count). The maximum absolute atomic E-state index is 12.6. The number of likely N-dealkylation sites (tertiary alicyclic amines) is 1. The van der Waals surface area contributed by atoms with Crippen molar-refractivity contribution in [3.63, 3.8) is 0 Å². The van der Waals surface area contributed by atoms with Crippen LogP contribution in [0, 0.1) is 0 Å². The normalized spacial score (nSPS) is 14.3. The van der Waals surface area contributed by atoms with Crippen molar-refractivity contribution in [3.05, 3.63) is 52.0 Å². The second kappa shape index (κ2) is 12.3. The predicted octanol–water partition coefficient (Wildman–Crippen LogP) is 3.55. The van der Waals surface area contributed by atoms with Crippen LogP contribution in [0.1, 0.15) is 40.3 Å². The van der Waals surface area contributed by atoms with E-state index in [4.69, 9.17) is 10.5 Å². The molecule has 0 atom stereocenters. The summed E-state index contributed by atoms with van der Waals surface area (Å²) in [6.45, 7) is 2.84. The Bertz CT molecular complexity index is 677. The standard InChI is InChI=1S/C19H25N3O2S.2ClH/c20-9-4-12-24-16-7-10-22(11-8-16)19(23)17-14-25-18(21-17)13-15-5-2-1-3-6-15;;/h1-3,5-6,14,16H,4,7-13,20H2;2*1H. The third-order valence-corrected chi connectivity index (χ3v) is 5.25. The van der Waals surface area contributed by atoms with Crippen LogP contribution in [0.25, 0.3) is 0 Å². The van der Waals surface area contributed by atoms with Gasteiger partial charge in [0, 0.05) is 31.5 Å². The van der Waals surface area contributed by atoms with E-state index in [1.165, 1.54) is 5.56 Å². The zero-order chi connectivity index (χ0) is 17.5. The third-order valence-electron chi connectivity index (χ3n) is 4.40. The fraction of sp³-hybridized carbons (Fsp3) is 0.474. The van der Waals surface area contributed by atoms with Crippen molar-refractivity contribution >= 4 is 42.1 Å². The van der Waals surface area contributed by atoms with Crippen LogP contribution in [0.2, 0.25) is 0 Å². The number of nitrogens with zero attached hydrogens (tertiary/aromatic N) is 2. The lowest BCUT2D eigenvalue weighted by Crippen LogP contribution is -2.41. The molecule has 150 valence electrons. The summed E-state index contributed by atoms with van der Waals surface area (Å²) in [7, 11) is 0. The van der Waals surface area contributed by atoms with Gasteiger partial charge in [0.25, 0.3) is 5.91 Å². The van der Waals surface area contributed by atoms with Gasteiger partial charge < -0.3 is 15.4 Å². The largest absolute Gasteiger partial charge is 0.378 e. The summed E-state index contributed by atoms with van der Waals surface area (Å²) in [5.74, 6) is 0.0379. The number of hydrogen-bond acceptors (Lipinski definition) is 5. The first-order valence-corrected chi connectivity index (χ1v) is 9.73. The molecule has 0 radical (unpaired) electrons. The monoisotopic (exact) mass is 431 g/mol. The van der Waals surface area contributed by atoms with E-state index < -0.39 is 0 Å². The Morgan fingerprint density at radius 3 is 2.59 bits per heavy atom. The van der Waals surface area contributed by atoms with Gasteiger partial charge in [0.15, 0.2) is 0 Å². The van der Waals surface area contributed by atoms with Gasteiger partial charge >= 0.3 is 0 Å². The van der Waals surface area contributed by atoms with Crippen molar-refractivity contribution in [1.29, 1.82) is 0 Å². The van der Waals surface area contributed by atoms with E-state index in [9.17, 15) is 4.79 Å². The third kappa shape index (κ3) is 7.05. The Labute approximate surface area is 177 Å². The summed E-state index contributed by atoms with van der Waals surface area (Å²) in [5, 5.41) is 2.86. The van der Waals surface area contributed by atoms with E-state index in [0.717, 1.165) is 43.8 Å². The lowest BCUT2D eigenvalue weighted by molar-refractivity contribution is 0.00830. The second-order valence-electron chi connectivity index (χ2n) is 6.29. The van der Waals surface area contributed by atoms with Gasteiger partial charge in [0.05, 0.1) is 11.1 Å². The number of carbonyl (C=O) groups is 1. The van der Waals surface area contributed by atoms with Crippen LogP contribution < -0.4 is 5.73 Å². The van der Waals surface area contributed by atoms with Gasteiger partial charge in [-0.05, 0) is 31.4 Å². The fourth-order valence-electron chi connectivity index (χ4n) is 2.98. The highest BCUT2D eigenvalue weighted by Crippen LogP contribution is 2.19. The molecule has 0 aliphatic carbocycles. The molecule has 1 fully saturated rings. The maximum atomic E-state index is 12.6. The first-order chi connectivity index (χ1) is 12.3. The Hall–Kier alpha value is -1.18. The van der Waals surface area contributed by atoms with E-state index in [0.29, 0.717) is 18.8 Å². The van der Waals surface area contributed by atoms with E-state index >= 15 is 0 Å². The zero-order valence-electron chi connectivity index (χ0n) is 15.2. The summed E-state index contributed by atoms with van der Waals surface area (Å²) in [5.41, 5.74) is 7.26. The van der Waals surface area contributed by atoms with Crippen LogP contribution in [-0.2, 0) is 11.2 Å². The van der Waals surface area contributed by atoms with Crippen LogP contribution in [-0.4, -0.2) is 48.1 Å². The summed E-state index contributed by atoms with van der Waals surface area (Å²) in [4.78, 5) is 19.1. The molecule has 0 spiro atoms. The number of ether oxygens (including phenoxy) is 1. The Morgan fingerprint density at radius 1 is 1.22 bits per heavy atom. The van der Waals surface area contributed by atoms with Crippen LogP contribution in [0.4, 0.5) is 0 Å². The van der Waals surface area contributed by atoms with Gasteiger partial charge in [-0.1, -0.05) is 30.3 Å².